The first-order chi connectivity index (χ1) is 10.8. The van der Waals surface area contributed by atoms with Crippen LogP contribution in [0.4, 0.5) is 0 Å². The first kappa shape index (κ1) is 14.4. The largest absolute Gasteiger partial charge is 0.489 e. The van der Waals surface area contributed by atoms with E-state index >= 15 is 0 Å². The second kappa shape index (κ2) is 6.95. The number of rotatable bonds is 5. The minimum atomic E-state index is 0.603. The van der Waals surface area contributed by atoms with Crippen LogP contribution in [-0.4, -0.2) is 0 Å². The van der Waals surface area contributed by atoms with E-state index in [9.17, 15) is 0 Å². The molecule has 0 aliphatic carbocycles. The molecule has 0 N–H and O–H groups in total. The monoisotopic (exact) mass is 288 g/mol. The molecule has 22 heavy (non-hydrogen) atoms. The molecule has 0 saturated heterocycles. The van der Waals surface area contributed by atoms with Gasteiger partial charge in [-0.2, -0.15) is 0 Å². The van der Waals surface area contributed by atoms with E-state index < -0.39 is 0 Å². The van der Waals surface area contributed by atoms with Gasteiger partial charge in [0.15, 0.2) is 0 Å². The number of hydrogen-bond acceptors (Lipinski definition) is 1. The zero-order valence-corrected chi connectivity index (χ0v) is 12.8. The third-order valence-electron chi connectivity index (χ3n) is 3.80. The summed E-state index contributed by atoms with van der Waals surface area (Å²) in [5.74, 6) is 0.901. The van der Waals surface area contributed by atoms with E-state index in [1.807, 2.05) is 30.3 Å². The van der Waals surface area contributed by atoms with Crippen LogP contribution in [0, 0.1) is 0 Å². The zero-order valence-electron chi connectivity index (χ0n) is 12.8. The van der Waals surface area contributed by atoms with Gasteiger partial charge in [0.1, 0.15) is 12.4 Å². The normalized spacial score (nSPS) is 10.4. The van der Waals surface area contributed by atoms with Gasteiger partial charge in [-0.25, -0.2) is 0 Å². The average Bonchev–Trinajstić information content (AvgIpc) is 2.61. The molecule has 1 heteroatoms. The predicted molar refractivity (Wildman–Crippen MR) is 92.0 cm³/mol. The summed E-state index contributed by atoms with van der Waals surface area (Å²) >= 11 is 0. The topological polar surface area (TPSA) is 9.23 Å². The Morgan fingerprint density at radius 2 is 1.23 bits per heavy atom. The van der Waals surface area contributed by atoms with Crippen molar-refractivity contribution in [3.63, 3.8) is 0 Å². The van der Waals surface area contributed by atoms with Gasteiger partial charge in [-0.1, -0.05) is 73.7 Å². The Bertz CT molecular complexity index is 697. The fourth-order valence-electron chi connectivity index (χ4n) is 2.42. The van der Waals surface area contributed by atoms with Crippen LogP contribution in [0.25, 0.3) is 11.1 Å². The Hall–Kier alpha value is -2.54. The van der Waals surface area contributed by atoms with Crippen LogP contribution in [0.3, 0.4) is 0 Å². The molecule has 0 atom stereocenters. The van der Waals surface area contributed by atoms with Crippen LogP contribution in [0.15, 0.2) is 78.9 Å². The summed E-state index contributed by atoms with van der Waals surface area (Å²) in [4.78, 5) is 0. The first-order valence-corrected chi connectivity index (χ1v) is 7.71. The Kier molecular flexibility index (Phi) is 4.55. The molecule has 0 aliphatic heterocycles. The fourth-order valence-corrected chi connectivity index (χ4v) is 2.42. The summed E-state index contributed by atoms with van der Waals surface area (Å²) in [6.45, 7) is 2.78. The van der Waals surface area contributed by atoms with Crippen LogP contribution < -0.4 is 4.74 Å². The molecule has 0 aromatic heterocycles. The van der Waals surface area contributed by atoms with Crippen LogP contribution >= 0.6 is 0 Å². The van der Waals surface area contributed by atoms with Crippen molar-refractivity contribution in [2.45, 2.75) is 20.0 Å². The second-order valence-corrected chi connectivity index (χ2v) is 5.35. The molecule has 0 radical (unpaired) electrons. The van der Waals surface area contributed by atoms with E-state index in [0.29, 0.717) is 6.61 Å². The summed E-state index contributed by atoms with van der Waals surface area (Å²) in [6, 6.07) is 27.3. The van der Waals surface area contributed by atoms with Crippen LogP contribution in [0.1, 0.15) is 18.1 Å². The van der Waals surface area contributed by atoms with Crippen molar-refractivity contribution in [2.24, 2.45) is 0 Å². The SMILES string of the molecule is CCc1ccc(-c2ccc(OCc3ccccc3)cc2)cc1. The van der Waals surface area contributed by atoms with Crippen molar-refractivity contribution in [3.05, 3.63) is 90.0 Å². The minimum absolute atomic E-state index is 0.603. The van der Waals surface area contributed by atoms with E-state index in [2.05, 4.69) is 55.5 Å². The molecule has 3 rings (SSSR count). The van der Waals surface area contributed by atoms with E-state index in [0.717, 1.165) is 12.2 Å². The summed E-state index contributed by atoms with van der Waals surface area (Å²) in [7, 11) is 0. The highest BCUT2D eigenvalue weighted by Gasteiger charge is 2.00. The Labute approximate surface area is 132 Å². The lowest BCUT2D eigenvalue weighted by molar-refractivity contribution is 0.306. The summed E-state index contributed by atoms with van der Waals surface area (Å²) in [6.07, 6.45) is 1.08. The lowest BCUT2D eigenvalue weighted by atomic mass is 10.0. The van der Waals surface area contributed by atoms with Gasteiger partial charge in [-0.15, -0.1) is 0 Å². The molecule has 0 fully saturated rings. The van der Waals surface area contributed by atoms with Gasteiger partial charge in [0, 0.05) is 0 Å². The molecule has 3 aromatic rings. The van der Waals surface area contributed by atoms with Gasteiger partial charge in [-0.3, -0.25) is 0 Å². The molecular formula is C21H20O. The number of benzene rings is 3. The Balaban J connectivity index is 1.67. The third kappa shape index (κ3) is 3.56. The number of hydrogen-bond donors (Lipinski definition) is 0. The van der Waals surface area contributed by atoms with Crippen molar-refractivity contribution < 1.29 is 4.74 Å². The van der Waals surface area contributed by atoms with Crippen molar-refractivity contribution >= 4 is 0 Å². The molecule has 0 saturated carbocycles. The predicted octanol–water partition coefficient (Wildman–Crippen LogP) is 5.50. The number of ether oxygens (including phenoxy) is 1. The highest BCUT2D eigenvalue weighted by atomic mass is 16.5. The van der Waals surface area contributed by atoms with Crippen molar-refractivity contribution in [3.8, 4) is 16.9 Å². The first-order valence-electron chi connectivity index (χ1n) is 7.71. The quantitative estimate of drug-likeness (QED) is 0.602. The van der Waals surface area contributed by atoms with Crippen molar-refractivity contribution in [2.75, 3.05) is 0 Å². The minimum Gasteiger partial charge on any atom is -0.489 e. The summed E-state index contributed by atoms with van der Waals surface area (Å²) in [5.41, 5.74) is 5.01. The number of aryl methyl sites for hydroxylation is 1. The lowest BCUT2D eigenvalue weighted by Gasteiger charge is -2.08. The van der Waals surface area contributed by atoms with E-state index in [1.165, 1.54) is 22.3 Å². The zero-order chi connectivity index (χ0) is 15.2. The second-order valence-electron chi connectivity index (χ2n) is 5.35. The Morgan fingerprint density at radius 1 is 0.636 bits per heavy atom. The van der Waals surface area contributed by atoms with Gasteiger partial charge in [0.05, 0.1) is 0 Å². The van der Waals surface area contributed by atoms with Crippen molar-refractivity contribution in [1.82, 2.24) is 0 Å². The summed E-state index contributed by atoms with van der Waals surface area (Å²) < 4.78 is 5.82. The van der Waals surface area contributed by atoms with Gasteiger partial charge in [0.2, 0.25) is 0 Å². The standard InChI is InChI=1S/C21H20O/c1-2-17-8-10-19(11-9-17)20-12-14-21(15-13-20)22-16-18-6-4-3-5-7-18/h3-15H,2,16H2,1H3. The van der Waals surface area contributed by atoms with Crippen LogP contribution in [-0.2, 0) is 13.0 Å². The fraction of sp³-hybridized carbons (Fsp3) is 0.143. The maximum Gasteiger partial charge on any atom is 0.119 e. The van der Waals surface area contributed by atoms with E-state index in [1.54, 1.807) is 0 Å². The highest BCUT2D eigenvalue weighted by molar-refractivity contribution is 5.64. The summed E-state index contributed by atoms with van der Waals surface area (Å²) in [5, 5.41) is 0. The molecule has 1 nitrogen and oxygen atoms in total. The lowest BCUT2D eigenvalue weighted by Crippen LogP contribution is -1.94. The molecule has 0 bridgehead atoms. The molecule has 0 aliphatic rings. The smallest absolute Gasteiger partial charge is 0.119 e. The van der Waals surface area contributed by atoms with Crippen LogP contribution in [0.5, 0.6) is 5.75 Å². The van der Waals surface area contributed by atoms with E-state index in [-0.39, 0.29) is 0 Å². The molecule has 0 unspecified atom stereocenters. The average molecular weight is 288 g/mol. The van der Waals surface area contributed by atoms with Gasteiger partial charge in [-0.05, 0) is 40.8 Å². The van der Waals surface area contributed by atoms with Gasteiger partial charge in [0.25, 0.3) is 0 Å². The van der Waals surface area contributed by atoms with Gasteiger partial charge >= 0.3 is 0 Å². The Morgan fingerprint density at radius 3 is 1.82 bits per heavy atom. The molecule has 0 spiro atoms. The molecule has 3 aromatic carbocycles. The maximum absolute atomic E-state index is 5.82. The van der Waals surface area contributed by atoms with E-state index in [4.69, 9.17) is 4.74 Å². The maximum atomic E-state index is 5.82. The molecular weight excluding hydrogens is 268 g/mol. The van der Waals surface area contributed by atoms with Gasteiger partial charge < -0.3 is 4.74 Å². The third-order valence-corrected chi connectivity index (χ3v) is 3.80. The molecule has 0 amide bonds. The molecule has 0 heterocycles. The van der Waals surface area contributed by atoms with Crippen molar-refractivity contribution in [1.29, 1.82) is 0 Å². The molecule has 110 valence electrons. The van der Waals surface area contributed by atoms with Crippen LogP contribution in [0.2, 0.25) is 0 Å². The highest BCUT2D eigenvalue weighted by Crippen LogP contribution is 2.23.